The first-order chi connectivity index (χ1) is 9.60. The predicted molar refractivity (Wildman–Crippen MR) is 87.5 cm³/mol. The number of nitrogens with zero attached hydrogens (tertiary/aromatic N) is 1. The highest BCUT2D eigenvalue weighted by Crippen LogP contribution is 2.23. The Kier molecular flexibility index (Phi) is 5.31. The van der Waals surface area contributed by atoms with Crippen LogP contribution >= 0.6 is 39.1 Å². The SMILES string of the molecule is N#Cc1ccc(NCCc2ccc(Cl)cc2Cl)cc1Br. The van der Waals surface area contributed by atoms with E-state index in [-0.39, 0.29) is 0 Å². The van der Waals surface area contributed by atoms with Gasteiger partial charge in [0.15, 0.2) is 0 Å². The molecule has 0 aliphatic heterocycles. The van der Waals surface area contributed by atoms with Crippen molar-refractivity contribution in [1.82, 2.24) is 0 Å². The highest BCUT2D eigenvalue weighted by Gasteiger charge is 2.03. The molecule has 0 aromatic heterocycles. The zero-order valence-corrected chi connectivity index (χ0v) is 13.6. The van der Waals surface area contributed by atoms with Crippen LogP contribution in [0.5, 0.6) is 0 Å². The minimum absolute atomic E-state index is 0.622. The lowest BCUT2D eigenvalue weighted by Gasteiger charge is -2.09. The molecule has 1 N–H and O–H groups in total. The first-order valence-electron chi connectivity index (χ1n) is 5.97. The van der Waals surface area contributed by atoms with E-state index in [0.717, 1.165) is 28.7 Å². The lowest BCUT2D eigenvalue weighted by atomic mass is 10.1. The number of hydrogen-bond donors (Lipinski definition) is 1. The largest absolute Gasteiger partial charge is 0.385 e. The van der Waals surface area contributed by atoms with Crippen LogP contribution in [0.2, 0.25) is 10.0 Å². The monoisotopic (exact) mass is 368 g/mol. The summed E-state index contributed by atoms with van der Waals surface area (Å²) < 4.78 is 0.787. The van der Waals surface area contributed by atoms with Gasteiger partial charge in [-0.25, -0.2) is 0 Å². The Morgan fingerprint density at radius 3 is 2.60 bits per heavy atom. The van der Waals surface area contributed by atoms with Crippen molar-refractivity contribution in [2.75, 3.05) is 11.9 Å². The Morgan fingerprint density at radius 1 is 1.15 bits per heavy atom. The summed E-state index contributed by atoms with van der Waals surface area (Å²) in [5, 5.41) is 13.5. The van der Waals surface area contributed by atoms with Gasteiger partial charge in [0, 0.05) is 26.8 Å². The maximum absolute atomic E-state index is 8.86. The molecule has 102 valence electrons. The molecule has 0 aliphatic carbocycles. The zero-order chi connectivity index (χ0) is 14.5. The molecule has 0 atom stereocenters. The van der Waals surface area contributed by atoms with Crippen molar-refractivity contribution in [1.29, 1.82) is 5.26 Å². The summed E-state index contributed by atoms with van der Waals surface area (Å²) >= 11 is 15.3. The number of rotatable bonds is 4. The second kappa shape index (κ2) is 6.99. The number of anilines is 1. The molecular formula is C15H11BrCl2N2. The Hall–Kier alpha value is -1.21. The van der Waals surface area contributed by atoms with Gasteiger partial charge in [0.1, 0.15) is 6.07 Å². The van der Waals surface area contributed by atoms with Crippen LogP contribution in [0.15, 0.2) is 40.9 Å². The van der Waals surface area contributed by atoms with E-state index < -0.39 is 0 Å². The molecule has 0 saturated heterocycles. The Labute approximate surface area is 136 Å². The van der Waals surface area contributed by atoms with Crippen LogP contribution in [0.25, 0.3) is 0 Å². The third-order valence-corrected chi connectivity index (χ3v) is 4.07. The zero-order valence-electron chi connectivity index (χ0n) is 10.5. The van der Waals surface area contributed by atoms with Gasteiger partial charge in [-0.1, -0.05) is 29.3 Å². The van der Waals surface area contributed by atoms with Crippen molar-refractivity contribution in [3.63, 3.8) is 0 Å². The Morgan fingerprint density at radius 2 is 1.95 bits per heavy atom. The maximum atomic E-state index is 8.86. The van der Waals surface area contributed by atoms with Gasteiger partial charge in [-0.05, 0) is 58.2 Å². The first kappa shape index (κ1) is 15.2. The van der Waals surface area contributed by atoms with Gasteiger partial charge >= 0.3 is 0 Å². The fourth-order valence-electron chi connectivity index (χ4n) is 1.78. The van der Waals surface area contributed by atoms with Crippen LogP contribution in [-0.2, 0) is 6.42 Å². The van der Waals surface area contributed by atoms with Gasteiger partial charge in [-0.15, -0.1) is 0 Å². The summed E-state index contributed by atoms with van der Waals surface area (Å²) in [6, 6.07) is 13.2. The third-order valence-electron chi connectivity index (χ3n) is 2.83. The molecule has 0 fully saturated rings. The summed E-state index contributed by atoms with van der Waals surface area (Å²) in [5.41, 5.74) is 2.63. The van der Waals surface area contributed by atoms with Crippen LogP contribution in [0, 0.1) is 11.3 Å². The molecule has 0 spiro atoms. The summed E-state index contributed by atoms with van der Waals surface area (Å²) in [4.78, 5) is 0. The summed E-state index contributed by atoms with van der Waals surface area (Å²) in [6.07, 6.45) is 0.799. The molecule has 2 aromatic rings. The highest BCUT2D eigenvalue weighted by molar-refractivity contribution is 9.10. The molecule has 0 heterocycles. The van der Waals surface area contributed by atoms with E-state index in [1.165, 1.54) is 0 Å². The van der Waals surface area contributed by atoms with E-state index in [0.29, 0.717) is 15.6 Å². The van der Waals surface area contributed by atoms with Crippen molar-refractivity contribution < 1.29 is 0 Å². The van der Waals surface area contributed by atoms with Crippen LogP contribution in [0.4, 0.5) is 5.69 Å². The van der Waals surface area contributed by atoms with Crippen LogP contribution < -0.4 is 5.32 Å². The van der Waals surface area contributed by atoms with Gasteiger partial charge in [-0.3, -0.25) is 0 Å². The highest BCUT2D eigenvalue weighted by atomic mass is 79.9. The normalized spacial score (nSPS) is 10.1. The minimum atomic E-state index is 0.622. The van der Waals surface area contributed by atoms with Gasteiger partial charge in [0.05, 0.1) is 5.56 Å². The second-order valence-corrected chi connectivity index (χ2v) is 5.92. The molecule has 0 saturated carbocycles. The Bertz CT molecular complexity index is 665. The van der Waals surface area contributed by atoms with Crippen molar-refractivity contribution >= 4 is 44.8 Å². The number of hydrogen-bond acceptors (Lipinski definition) is 2. The summed E-state index contributed by atoms with van der Waals surface area (Å²) in [5.74, 6) is 0. The van der Waals surface area contributed by atoms with E-state index in [1.807, 2.05) is 24.3 Å². The summed E-state index contributed by atoms with van der Waals surface area (Å²) in [6.45, 7) is 0.750. The van der Waals surface area contributed by atoms with Gasteiger partial charge < -0.3 is 5.32 Å². The molecule has 2 rings (SSSR count). The minimum Gasteiger partial charge on any atom is -0.385 e. The second-order valence-electron chi connectivity index (χ2n) is 4.22. The fourth-order valence-corrected chi connectivity index (χ4v) is 2.75. The lowest BCUT2D eigenvalue weighted by molar-refractivity contribution is 1.02. The molecule has 0 aliphatic rings. The maximum Gasteiger partial charge on any atom is 0.100 e. The molecule has 0 bridgehead atoms. The van der Waals surface area contributed by atoms with Crippen molar-refractivity contribution in [3.05, 3.63) is 62.0 Å². The Balaban J connectivity index is 1.96. The average molecular weight is 370 g/mol. The quantitative estimate of drug-likeness (QED) is 0.795. The standard InChI is InChI=1S/C15H11BrCl2N2/c16-14-8-13(4-2-11(14)9-19)20-6-5-10-1-3-12(17)7-15(10)18/h1-4,7-8,20H,5-6H2. The first-order valence-corrected chi connectivity index (χ1v) is 7.52. The average Bonchev–Trinajstić information content (AvgIpc) is 2.41. The molecule has 2 aromatic carbocycles. The molecule has 20 heavy (non-hydrogen) atoms. The number of halogens is 3. The van der Waals surface area contributed by atoms with E-state index in [1.54, 1.807) is 12.1 Å². The fraction of sp³-hybridized carbons (Fsp3) is 0.133. The van der Waals surface area contributed by atoms with E-state index in [9.17, 15) is 0 Å². The number of nitrogens with one attached hydrogen (secondary N) is 1. The number of nitriles is 1. The van der Waals surface area contributed by atoms with E-state index >= 15 is 0 Å². The third kappa shape index (κ3) is 3.89. The van der Waals surface area contributed by atoms with E-state index in [4.69, 9.17) is 28.5 Å². The van der Waals surface area contributed by atoms with Gasteiger partial charge in [0.25, 0.3) is 0 Å². The molecule has 5 heteroatoms. The molecule has 2 nitrogen and oxygen atoms in total. The number of benzene rings is 2. The smallest absolute Gasteiger partial charge is 0.100 e. The predicted octanol–water partition coefficient (Wildman–Crippen LogP) is 5.28. The van der Waals surface area contributed by atoms with Crippen molar-refractivity contribution in [2.45, 2.75) is 6.42 Å². The van der Waals surface area contributed by atoms with Crippen LogP contribution in [-0.4, -0.2) is 6.54 Å². The van der Waals surface area contributed by atoms with Gasteiger partial charge in [0.2, 0.25) is 0 Å². The van der Waals surface area contributed by atoms with Crippen molar-refractivity contribution in [3.8, 4) is 6.07 Å². The molecule has 0 amide bonds. The molecule has 0 unspecified atom stereocenters. The van der Waals surface area contributed by atoms with Crippen LogP contribution in [0.3, 0.4) is 0 Å². The topological polar surface area (TPSA) is 35.8 Å². The molecular weight excluding hydrogens is 359 g/mol. The van der Waals surface area contributed by atoms with Crippen molar-refractivity contribution in [2.24, 2.45) is 0 Å². The van der Waals surface area contributed by atoms with Gasteiger partial charge in [-0.2, -0.15) is 5.26 Å². The van der Waals surface area contributed by atoms with E-state index in [2.05, 4.69) is 27.3 Å². The molecule has 0 radical (unpaired) electrons. The summed E-state index contributed by atoms with van der Waals surface area (Å²) in [7, 11) is 0. The lowest BCUT2D eigenvalue weighted by Crippen LogP contribution is -2.05. The van der Waals surface area contributed by atoms with Crippen LogP contribution in [0.1, 0.15) is 11.1 Å².